The molecule has 4 nitrogen and oxygen atoms in total. The van der Waals surface area contributed by atoms with Crippen molar-refractivity contribution in [3.8, 4) is 0 Å². The standard InChI is InChI=1S/C7H11NO3/c1-5(9)6(4-8-2)7(10)11-3/h4,9H,1-3H3. The number of methoxy groups -OCH3 is 1. The molecule has 0 atom stereocenters. The Hall–Kier alpha value is -1.32. The average molecular weight is 157 g/mol. The maximum absolute atomic E-state index is 10.8. The molecule has 0 rings (SSSR count). The summed E-state index contributed by atoms with van der Waals surface area (Å²) >= 11 is 0. The number of allylic oxidation sites excluding steroid dienone is 1. The average Bonchev–Trinajstić information content (AvgIpc) is 1.98. The Labute approximate surface area is 65.2 Å². The van der Waals surface area contributed by atoms with Crippen LogP contribution in [-0.2, 0) is 9.53 Å². The minimum absolute atomic E-state index is 0.0787. The molecule has 0 aliphatic carbocycles. The molecule has 1 N–H and O–H groups in total. The minimum atomic E-state index is -0.587. The lowest BCUT2D eigenvalue weighted by Crippen LogP contribution is -2.08. The van der Waals surface area contributed by atoms with Gasteiger partial charge in [0.25, 0.3) is 0 Å². The van der Waals surface area contributed by atoms with Crippen LogP contribution < -0.4 is 0 Å². The molecular weight excluding hydrogens is 146 g/mol. The van der Waals surface area contributed by atoms with Gasteiger partial charge in [0.05, 0.1) is 7.11 Å². The first-order chi connectivity index (χ1) is 5.13. The molecule has 0 fully saturated rings. The van der Waals surface area contributed by atoms with Gasteiger partial charge < -0.3 is 9.84 Å². The van der Waals surface area contributed by atoms with Gasteiger partial charge in [0.15, 0.2) is 0 Å². The van der Waals surface area contributed by atoms with Crippen molar-refractivity contribution in [1.82, 2.24) is 0 Å². The van der Waals surface area contributed by atoms with E-state index < -0.39 is 5.97 Å². The van der Waals surface area contributed by atoms with E-state index in [1.54, 1.807) is 0 Å². The number of aliphatic imine (C=N–C) groups is 1. The largest absolute Gasteiger partial charge is 0.512 e. The highest BCUT2D eigenvalue weighted by Gasteiger charge is 2.09. The minimum Gasteiger partial charge on any atom is -0.512 e. The molecular formula is C7H11NO3. The zero-order chi connectivity index (χ0) is 8.85. The van der Waals surface area contributed by atoms with Crippen molar-refractivity contribution in [2.45, 2.75) is 6.92 Å². The Morgan fingerprint density at radius 1 is 1.64 bits per heavy atom. The SMILES string of the molecule is CN=CC(C(=O)OC)=C(C)O. The fourth-order valence-corrected chi connectivity index (χ4v) is 0.533. The second-order valence-corrected chi connectivity index (χ2v) is 1.88. The molecule has 0 heterocycles. The van der Waals surface area contributed by atoms with E-state index in [1.165, 1.54) is 27.3 Å². The van der Waals surface area contributed by atoms with Crippen molar-refractivity contribution >= 4 is 12.2 Å². The molecule has 0 bridgehead atoms. The van der Waals surface area contributed by atoms with Crippen molar-refractivity contribution < 1.29 is 14.6 Å². The van der Waals surface area contributed by atoms with Crippen LogP contribution in [0.4, 0.5) is 0 Å². The van der Waals surface area contributed by atoms with E-state index in [-0.39, 0.29) is 11.3 Å². The molecule has 4 heteroatoms. The van der Waals surface area contributed by atoms with E-state index >= 15 is 0 Å². The van der Waals surface area contributed by atoms with Crippen molar-refractivity contribution in [1.29, 1.82) is 0 Å². The number of carbonyl (C=O) groups excluding carboxylic acids is 1. The highest BCUT2D eigenvalue weighted by molar-refractivity contribution is 6.09. The van der Waals surface area contributed by atoms with Crippen LogP contribution in [0.2, 0.25) is 0 Å². The number of hydrogen-bond acceptors (Lipinski definition) is 4. The van der Waals surface area contributed by atoms with Crippen LogP contribution in [0.5, 0.6) is 0 Å². The van der Waals surface area contributed by atoms with Gasteiger partial charge >= 0.3 is 5.97 Å². The zero-order valence-electron chi connectivity index (χ0n) is 6.79. The third-order valence-corrected chi connectivity index (χ3v) is 1.05. The van der Waals surface area contributed by atoms with Crippen molar-refractivity contribution in [2.24, 2.45) is 4.99 Å². The Morgan fingerprint density at radius 3 is 2.45 bits per heavy atom. The fourth-order valence-electron chi connectivity index (χ4n) is 0.533. The first-order valence-corrected chi connectivity index (χ1v) is 3.03. The highest BCUT2D eigenvalue weighted by Crippen LogP contribution is 1.99. The van der Waals surface area contributed by atoms with Crippen molar-refractivity contribution in [3.63, 3.8) is 0 Å². The van der Waals surface area contributed by atoms with E-state index in [0.717, 1.165) is 0 Å². The Balaban J connectivity index is 4.63. The predicted molar refractivity (Wildman–Crippen MR) is 41.8 cm³/mol. The summed E-state index contributed by atoms with van der Waals surface area (Å²) in [6.07, 6.45) is 1.25. The highest BCUT2D eigenvalue weighted by atomic mass is 16.5. The summed E-state index contributed by atoms with van der Waals surface area (Å²) in [6, 6.07) is 0. The summed E-state index contributed by atoms with van der Waals surface area (Å²) in [5, 5.41) is 8.93. The first-order valence-electron chi connectivity index (χ1n) is 3.03. The molecule has 11 heavy (non-hydrogen) atoms. The summed E-state index contributed by atoms with van der Waals surface area (Å²) in [5.74, 6) is -0.682. The van der Waals surface area contributed by atoms with Gasteiger partial charge in [-0.25, -0.2) is 4.79 Å². The molecule has 0 radical (unpaired) electrons. The van der Waals surface area contributed by atoms with Gasteiger partial charge in [-0.2, -0.15) is 0 Å². The van der Waals surface area contributed by atoms with E-state index in [0.29, 0.717) is 0 Å². The topological polar surface area (TPSA) is 58.9 Å². The molecule has 0 unspecified atom stereocenters. The van der Waals surface area contributed by atoms with Crippen LogP contribution in [0.3, 0.4) is 0 Å². The van der Waals surface area contributed by atoms with Crippen LogP contribution in [0.15, 0.2) is 16.3 Å². The lowest BCUT2D eigenvalue weighted by molar-refractivity contribution is -0.135. The quantitative estimate of drug-likeness (QED) is 0.277. The van der Waals surface area contributed by atoms with Crippen LogP contribution >= 0.6 is 0 Å². The van der Waals surface area contributed by atoms with E-state index in [9.17, 15) is 4.79 Å². The van der Waals surface area contributed by atoms with Crippen LogP contribution in [0.25, 0.3) is 0 Å². The number of aliphatic hydroxyl groups is 1. The Bertz CT molecular complexity index is 202. The van der Waals surface area contributed by atoms with Gasteiger partial charge in [-0.05, 0) is 6.92 Å². The van der Waals surface area contributed by atoms with E-state index in [2.05, 4.69) is 9.73 Å². The molecule has 0 aromatic rings. The molecule has 62 valence electrons. The summed E-state index contributed by atoms with van der Waals surface area (Å²) < 4.78 is 4.38. The number of nitrogens with zero attached hydrogens (tertiary/aromatic N) is 1. The lowest BCUT2D eigenvalue weighted by atomic mass is 10.2. The fraction of sp³-hybridized carbons (Fsp3) is 0.429. The number of carbonyl (C=O) groups is 1. The first kappa shape index (κ1) is 9.68. The van der Waals surface area contributed by atoms with Crippen molar-refractivity contribution in [3.05, 3.63) is 11.3 Å². The number of aliphatic hydroxyl groups excluding tert-OH is 1. The summed E-state index contributed by atoms with van der Waals surface area (Å²) in [7, 11) is 2.75. The van der Waals surface area contributed by atoms with Gasteiger partial charge in [-0.3, -0.25) is 4.99 Å². The molecule has 0 aliphatic heterocycles. The Kier molecular flexibility index (Phi) is 3.95. The maximum atomic E-state index is 10.8. The second-order valence-electron chi connectivity index (χ2n) is 1.88. The van der Waals surface area contributed by atoms with Crippen LogP contribution in [-0.4, -0.2) is 31.4 Å². The maximum Gasteiger partial charge on any atom is 0.342 e. The lowest BCUT2D eigenvalue weighted by Gasteiger charge is -1.99. The number of rotatable bonds is 2. The van der Waals surface area contributed by atoms with Gasteiger partial charge in [0, 0.05) is 13.3 Å². The summed E-state index contributed by atoms with van der Waals surface area (Å²) in [4.78, 5) is 14.4. The number of esters is 1. The second kappa shape index (κ2) is 4.49. The third-order valence-electron chi connectivity index (χ3n) is 1.05. The van der Waals surface area contributed by atoms with Gasteiger partial charge in [0.1, 0.15) is 11.3 Å². The molecule has 0 spiro atoms. The van der Waals surface area contributed by atoms with Gasteiger partial charge in [0.2, 0.25) is 0 Å². The number of ether oxygens (including phenoxy) is 1. The van der Waals surface area contributed by atoms with Crippen LogP contribution in [0.1, 0.15) is 6.92 Å². The summed E-state index contributed by atoms with van der Waals surface area (Å²) in [6.45, 7) is 1.40. The summed E-state index contributed by atoms with van der Waals surface area (Å²) in [5.41, 5.74) is 0.0787. The normalized spacial score (nSPS) is 13.0. The molecule has 0 amide bonds. The van der Waals surface area contributed by atoms with Crippen molar-refractivity contribution in [2.75, 3.05) is 14.2 Å². The molecule has 0 saturated heterocycles. The Morgan fingerprint density at radius 2 is 2.18 bits per heavy atom. The number of hydrogen-bond donors (Lipinski definition) is 1. The van der Waals surface area contributed by atoms with Gasteiger partial charge in [-0.1, -0.05) is 0 Å². The monoisotopic (exact) mass is 157 g/mol. The zero-order valence-corrected chi connectivity index (χ0v) is 6.79. The predicted octanol–water partition coefficient (Wildman–Crippen LogP) is 0.692. The van der Waals surface area contributed by atoms with E-state index in [1.807, 2.05) is 0 Å². The molecule has 0 saturated carbocycles. The third kappa shape index (κ3) is 2.84. The van der Waals surface area contributed by atoms with Gasteiger partial charge in [-0.15, -0.1) is 0 Å². The smallest absolute Gasteiger partial charge is 0.342 e. The molecule has 0 aromatic carbocycles. The molecule has 0 aromatic heterocycles. The van der Waals surface area contributed by atoms with Crippen LogP contribution in [0, 0.1) is 0 Å². The molecule has 0 aliphatic rings. The van der Waals surface area contributed by atoms with E-state index in [4.69, 9.17) is 5.11 Å².